The van der Waals surface area contributed by atoms with E-state index in [1.54, 1.807) is 0 Å². The quantitative estimate of drug-likeness (QED) is 0.690. The van der Waals surface area contributed by atoms with Crippen molar-refractivity contribution in [1.82, 2.24) is 0 Å². The van der Waals surface area contributed by atoms with E-state index in [0.717, 1.165) is 21.1 Å². The van der Waals surface area contributed by atoms with Crippen molar-refractivity contribution in [1.29, 1.82) is 0 Å². The highest BCUT2D eigenvalue weighted by Gasteiger charge is 2.05. The number of carboxylic acids is 2. The molecule has 6 heteroatoms. The molecule has 26 heavy (non-hydrogen) atoms. The molecule has 150 valence electrons. The summed E-state index contributed by atoms with van der Waals surface area (Å²) in [4.78, 5) is 20.6. The molecule has 0 saturated carbocycles. The van der Waals surface area contributed by atoms with Gasteiger partial charge in [-0.2, -0.15) is 0 Å². The van der Waals surface area contributed by atoms with Crippen LogP contribution in [0.15, 0.2) is 24.3 Å². The van der Waals surface area contributed by atoms with E-state index in [-0.39, 0.29) is 11.1 Å². The first-order valence-corrected chi connectivity index (χ1v) is 9.03. The average Bonchev–Trinajstić information content (AvgIpc) is 2.62. The van der Waals surface area contributed by atoms with Crippen LogP contribution in [0, 0.1) is 0 Å². The zero-order valence-electron chi connectivity index (χ0n) is 17.7. The van der Waals surface area contributed by atoms with E-state index >= 15 is 0 Å². The Morgan fingerprint density at radius 1 is 0.692 bits per heavy atom. The molecule has 1 aromatic carbocycles. The van der Waals surface area contributed by atoms with Gasteiger partial charge in [-0.1, -0.05) is 24.3 Å². The predicted molar refractivity (Wildman–Crippen MR) is 101 cm³/mol. The molecule has 0 radical (unpaired) electrons. The van der Waals surface area contributed by atoms with Gasteiger partial charge in [-0.15, -0.1) is 0 Å². The van der Waals surface area contributed by atoms with Gasteiger partial charge in [0.2, 0.25) is 0 Å². The van der Waals surface area contributed by atoms with Crippen LogP contribution in [-0.4, -0.2) is 75.3 Å². The van der Waals surface area contributed by atoms with E-state index in [2.05, 4.69) is 55.9 Å². The Kier molecular flexibility index (Phi) is 12.6. The molecule has 0 aliphatic heterocycles. The van der Waals surface area contributed by atoms with Crippen molar-refractivity contribution in [2.45, 2.75) is 27.7 Å². The van der Waals surface area contributed by atoms with Gasteiger partial charge in [-0.25, -0.2) is 0 Å². The second-order valence-corrected chi connectivity index (χ2v) is 7.26. The van der Waals surface area contributed by atoms with Crippen molar-refractivity contribution in [3.8, 4) is 0 Å². The van der Waals surface area contributed by atoms with Crippen molar-refractivity contribution >= 4 is 11.9 Å². The topological polar surface area (TPSA) is 80.3 Å². The Hall–Kier alpha value is -1.92. The van der Waals surface area contributed by atoms with E-state index in [1.807, 2.05) is 0 Å². The predicted octanol–water partition coefficient (Wildman–Crippen LogP) is 0.619. The van der Waals surface area contributed by atoms with Crippen LogP contribution < -0.4 is 10.2 Å². The number of carbonyl (C=O) groups is 2. The van der Waals surface area contributed by atoms with Crippen LogP contribution in [0.5, 0.6) is 0 Å². The summed E-state index contributed by atoms with van der Waals surface area (Å²) in [5.74, 6) is -3.04. The third kappa shape index (κ3) is 11.6. The molecule has 0 aliphatic carbocycles. The lowest BCUT2D eigenvalue weighted by Crippen LogP contribution is -2.38. The molecule has 0 unspecified atom stereocenters. The molecule has 0 N–H and O–H groups in total. The Balaban J connectivity index is 0. The number of aromatic carboxylic acids is 2. The lowest BCUT2D eigenvalue weighted by Gasteiger charge is -2.25. The summed E-state index contributed by atoms with van der Waals surface area (Å²) in [7, 11) is 8.94. The molecule has 0 fully saturated rings. The fraction of sp³-hybridized carbons (Fsp3) is 0.600. The highest BCUT2D eigenvalue weighted by atomic mass is 16.4. The SMILES string of the molecule is CC[N+](C)(C)CC.CC[N+](C)(C)CC.O=C([O-])c1ccccc1C(=O)[O-]. The van der Waals surface area contributed by atoms with Crippen molar-refractivity contribution in [2.75, 3.05) is 54.4 Å². The first kappa shape index (κ1) is 26.3. The molecule has 0 aliphatic rings. The second-order valence-electron chi connectivity index (χ2n) is 7.26. The molecule has 0 spiro atoms. The standard InChI is InChI=1S/C8H6O4.2C6H16N/c9-7(10)5-3-1-2-4-6(5)8(11)12;2*1-5-7(3,4)6-2/h1-4H,(H,9,10)(H,11,12);2*5-6H2,1-4H3/q;2*+1/p-2. The molecule has 1 aromatic rings. The van der Waals surface area contributed by atoms with Gasteiger partial charge in [0.15, 0.2) is 0 Å². The van der Waals surface area contributed by atoms with E-state index in [0.29, 0.717) is 0 Å². The van der Waals surface area contributed by atoms with Gasteiger partial charge in [0.1, 0.15) is 0 Å². The molecular weight excluding hydrogens is 332 g/mol. The highest BCUT2D eigenvalue weighted by molar-refractivity contribution is 5.99. The number of carboxylic acid groups (broad SMARTS) is 2. The summed E-state index contributed by atoms with van der Waals surface area (Å²) in [5.41, 5.74) is -0.727. The second kappa shape index (κ2) is 12.4. The van der Waals surface area contributed by atoms with Crippen molar-refractivity contribution in [2.24, 2.45) is 0 Å². The van der Waals surface area contributed by atoms with E-state index in [9.17, 15) is 19.8 Å². The van der Waals surface area contributed by atoms with Crippen LogP contribution in [0.1, 0.15) is 48.4 Å². The zero-order chi connectivity index (χ0) is 21.0. The van der Waals surface area contributed by atoms with E-state index in [4.69, 9.17) is 0 Å². The van der Waals surface area contributed by atoms with Gasteiger partial charge in [-0.3, -0.25) is 0 Å². The van der Waals surface area contributed by atoms with Crippen LogP contribution in [-0.2, 0) is 0 Å². The summed E-state index contributed by atoms with van der Waals surface area (Å²) in [6.45, 7) is 13.8. The molecule has 0 heterocycles. The molecule has 6 nitrogen and oxygen atoms in total. The summed E-state index contributed by atoms with van der Waals surface area (Å²) in [6.07, 6.45) is 0. The van der Waals surface area contributed by atoms with Crippen LogP contribution in [0.3, 0.4) is 0 Å². The number of quaternary nitrogens is 2. The lowest BCUT2D eigenvalue weighted by molar-refractivity contribution is -0.886. The van der Waals surface area contributed by atoms with Crippen LogP contribution >= 0.6 is 0 Å². The number of carbonyl (C=O) groups excluding carboxylic acids is 2. The number of hydrogen-bond acceptors (Lipinski definition) is 4. The number of benzene rings is 1. The number of rotatable bonds is 6. The molecule has 0 aromatic heterocycles. The average molecular weight is 369 g/mol. The first-order chi connectivity index (χ1) is 11.9. The molecule has 0 saturated heterocycles. The minimum absolute atomic E-state index is 0.363. The van der Waals surface area contributed by atoms with Crippen LogP contribution in [0.2, 0.25) is 0 Å². The Morgan fingerprint density at radius 3 is 1.04 bits per heavy atom. The van der Waals surface area contributed by atoms with Gasteiger partial charge in [0, 0.05) is 11.1 Å². The normalized spacial score (nSPS) is 10.8. The van der Waals surface area contributed by atoms with Crippen molar-refractivity contribution in [3.05, 3.63) is 35.4 Å². The highest BCUT2D eigenvalue weighted by Crippen LogP contribution is 2.05. The Morgan fingerprint density at radius 2 is 0.923 bits per heavy atom. The monoisotopic (exact) mass is 368 g/mol. The first-order valence-electron chi connectivity index (χ1n) is 9.03. The minimum Gasteiger partial charge on any atom is -0.545 e. The van der Waals surface area contributed by atoms with E-state index in [1.165, 1.54) is 38.3 Å². The van der Waals surface area contributed by atoms with Crippen molar-refractivity contribution < 1.29 is 28.8 Å². The van der Waals surface area contributed by atoms with Gasteiger partial charge in [0.25, 0.3) is 0 Å². The molecule has 0 atom stereocenters. The third-order valence-corrected chi connectivity index (χ3v) is 4.79. The Bertz CT molecular complexity index is 493. The van der Waals surface area contributed by atoms with Gasteiger partial charge in [0.05, 0.1) is 66.3 Å². The number of nitrogens with zero attached hydrogens (tertiary/aromatic N) is 2. The molecule has 0 bridgehead atoms. The molecule has 0 amide bonds. The fourth-order valence-electron chi connectivity index (χ4n) is 1.29. The zero-order valence-corrected chi connectivity index (χ0v) is 17.7. The summed E-state index contributed by atoms with van der Waals surface area (Å²) >= 11 is 0. The fourth-order valence-corrected chi connectivity index (χ4v) is 1.29. The van der Waals surface area contributed by atoms with Gasteiger partial charge in [-0.05, 0) is 27.7 Å². The van der Waals surface area contributed by atoms with Crippen LogP contribution in [0.4, 0.5) is 0 Å². The molecule has 1 rings (SSSR count). The van der Waals surface area contributed by atoms with Crippen LogP contribution in [0.25, 0.3) is 0 Å². The lowest BCUT2D eigenvalue weighted by atomic mass is 10.1. The maximum Gasteiger partial charge on any atom is 0.0753 e. The summed E-state index contributed by atoms with van der Waals surface area (Å²) in [6, 6.07) is 5.14. The van der Waals surface area contributed by atoms with E-state index < -0.39 is 11.9 Å². The van der Waals surface area contributed by atoms with Gasteiger partial charge >= 0.3 is 0 Å². The minimum atomic E-state index is -1.52. The third-order valence-electron chi connectivity index (χ3n) is 4.79. The molecular formula is C20H36N2O4. The van der Waals surface area contributed by atoms with Gasteiger partial charge < -0.3 is 28.8 Å². The maximum absolute atomic E-state index is 10.3. The largest absolute Gasteiger partial charge is 0.545 e. The summed E-state index contributed by atoms with van der Waals surface area (Å²) < 4.78 is 2.28. The van der Waals surface area contributed by atoms with Crippen molar-refractivity contribution in [3.63, 3.8) is 0 Å². The maximum atomic E-state index is 10.3. The summed E-state index contributed by atoms with van der Waals surface area (Å²) in [5, 5.41) is 20.6. The number of hydrogen-bond donors (Lipinski definition) is 0. The Labute approximate surface area is 158 Å². The smallest absolute Gasteiger partial charge is 0.0753 e.